The van der Waals surface area contributed by atoms with Gasteiger partial charge in [0, 0.05) is 44.8 Å². The van der Waals surface area contributed by atoms with Gasteiger partial charge < -0.3 is 0 Å². The molecule has 230 valence electrons. The number of rotatable bonds is 5. The Morgan fingerprint density at radius 2 is 1.08 bits per heavy atom. The fourth-order valence-electron chi connectivity index (χ4n) is 6.04. The molecule has 0 bridgehead atoms. The Morgan fingerprint density at radius 3 is 1.79 bits per heavy atom. The highest BCUT2D eigenvalue weighted by Crippen LogP contribution is 2.36. The van der Waals surface area contributed by atoms with Crippen LogP contribution in [0.25, 0.3) is 78.2 Å². The molecule has 0 aliphatic carbocycles. The predicted molar refractivity (Wildman–Crippen MR) is 196 cm³/mol. The van der Waals surface area contributed by atoms with E-state index in [0.717, 1.165) is 67.0 Å². The van der Waals surface area contributed by atoms with Gasteiger partial charge in [-0.2, -0.15) is 0 Å². The van der Waals surface area contributed by atoms with E-state index in [2.05, 4.69) is 123 Å². The molecule has 5 heteroatoms. The average molecular weight is 620 g/mol. The lowest BCUT2D eigenvalue weighted by atomic mass is 9.88. The van der Waals surface area contributed by atoms with Crippen LogP contribution in [0, 0.1) is 0 Å². The maximum Gasteiger partial charge on any atom is 0.160 e. The minimum absolute atomic E-state index is 0.121. The van der Waals surface area contributed by atoms with Gasteiger partial charge in [0.25, 0.3) is 0 Å². The van der Waals surface area contributed by atoms with Crippen molar-refractivity contribution in [2.45, 2.75) is 26.2 Å². The minimum Gasteiger partial charge on any atom is -0.255 e. The van der Waals surface area contributed by atoms with Crippen molar-refractivity contribution in [1.29, 1.82) is 0 Å². The zero-order valence-corrected chi connectivity index (χ0v) is 27.1. The number of fused-ring (bicyclic) bond motifs is 3. The lowest BCUT2D eigenvalue weighted by Crippen LogP contribution is -2.14. The summed E-state index contributed by atoms with van der Waals surface area (Å²) in [5, 5.41) is 2.16. The van der Waals surface area contributed by atoms with Crippen molar-refractivity contribution in [3.05, 3.63) is 151 Å². The van der Waals surface area contributed by atoms with Gasteiger partial charge in [0.05, 0.1) is 33.8 Å². The molecule has 0 N–H and O–H groups in total. The van der Waals surface area contributed by atoms with Gasteiger partial charge in [0.2, 0.25) is 0 Å². The molecule has 48 heavy (non-hydrogen) atoms. The first-order valence-electron chi connectivity index (χ1n) is 16.2. The third kappa shape index (κ3) is 5.60. The zero-order valence-electron chi connectivity index (χ0n) is 27.1. The molecule has 0 atom stereocenters. The lowest BCUT2D eigenvalue weighted by molar-refractivity contribution is 0.572. The van der Waals surface area contributed by atoms with E-state index in [1.807, 2.05) is 42.5 Å². The predicted octanol–water partition coefficient (Wildman–Crippen LogP) is 10.6. The summed E-state index contributed by atoms with van der Waals surface area (Å²) in [6, 6.07) is 47.7. The molecule has 5 nitrogen and oxygen atoms in total. The van der Waals surface area contributed by atoms with Crippen molar-refractivity contribution in [3.8, 4) is 56.4 Å². The van der Waals surface area contributed by atoms with Crippen molar-refractivity contribution >= 4 is 21.8 Å². The van der Waals surface area contributed by atoms with E-state index in [4.69, 9.17) is 19.9 Å². The quantitative estimate of drug-likeness (QED) is 0.179. The smallest absolute Gasteiger partial charge is 0.160 e. The van der Waals surface area contributed by atoms with Crippen LogP contribution in [0.1, 0.15) is 26.5 Å². The number of aromatic nitrogens is 5. The summed E-state index contributed by atoms with van der Waals surface area (Å²) >= 11 is 0. The van der Waals surface area contributed by atoms with Crippen LogP contribution in [-0.4, -0.2) is 24.9 Å². The average Bonchev–Trinajstić information content (AvgIpc) is 3.14. The highest BCUT2D eigenvalue weighted by Gasteiger charge is 2.20. The first-order chi connectivity index (χ1) is 23.4. The van der Waals surface area contributed by atoms with Crippen LogP contribution in [0.2, 0.25) is 0 Å². The van der Waals surface area contributed by atoms with Crippen LogP contribution in [0.15, 0.2) is 146 Å². The van der Waals surface area contributed by atoms with Gasteiger partial charge in [-0.25, -0.2) is 19.9 Å². The molecule has 4 aromatic heterocycles. The molecule has 8 aromatic rings. The summed E-state index contributed by atoms with van der Waals surface area (Å²) in [6.45, 7) is 6.63. The lowest BCUT2D eigenvalue weighted by Gasteiger charge is -2.21. The van der Waals surface area contributed by atoms with E-state index in [-0.39, 0.29) is 5.41 Å². The first kappa shape index (κ1) is 29.3. The van der Waals surface area contributed by atoms with Crippen LogP contribution < -0.4 is 0 Å². The fourth-order valence-corrected chi connectivity index (χ4v) is 6.04. The molecule has 0 saturated heterocycles. The number of pyridine rings is 3. The summed E-state index contributed by atoms with van der Waals surface area (Å²) in [4.78, 5) is 24.9. The number of hydrogen-bond acceptors (Lipinski definition) is 5. The van der Waals surface area contributed by atoms with Gasteiger partial charge >= 0.3 is 0 Å². The Hall–Kier alpha value is -6.07. The summed E-state index contributed by atoms with van der Waals surface area (Å²) in [5.74, 6) is 0.647. The summed E-state index contributed by atoms with van der Waals surface area (Å²) < 4.78 is 0. The molecule has 0 unspecified atom stereocenters. The Labute approximate surface area is 280 Å². The van der Waals surface area contributed by atoms with E-state index >= 15 is 0 Å². The molecule has 0 saturated carbocycles. The van der Waals surface area contributed by atoms with Crippen molar-refractivity contribution < 1.29 is 0 Å². The maximum absolute atomic E-state index is 5.24. The first-order valence-corrected chi connectivity index (χ1v) is 16.2. The van der Waals surface area contributed by atoms with Gasteiger partial charge in [-0.05, 0) is 41.5 Å². The molecule has 0 amide bonds. The highest BCUT2D eigenvalue weighted by atomic mass is 14.9. The molecular formula is C43H33N5. The number of hydrogen-bond donors (Lipinski definition) is 0. The van der Waals surface area contributed by atoms with Crippen LogP contribution in [0.5, 0.6) is 0 Å². The van der Waals surface area contributed by atoms with E-state index in [0.29, 0.717) is 5.82 Å². The molecule has 0 radical (unpaired) electrons. The van der Waals surface area contributed by atoms with Gasteiger partial charge in [0.15, 0.2) is 5.82 Å². The van der Waals surface area contributed by atoms with Crippen LogP contribution in [0.4, 0.5) is 0 Å². The zero-order chi connectivity index (χ0) is 32.7. The van der Waals surface area contributed by atoms with E-state index in [1.54, 1.807) is 6.20 Å². The monoisotopic (exact) mass is 619 g/mol. The third-order valence-corrected chi connectivity index (χ3v) is 8.65. The molecule has 0 fully saturated rings. The van der Waals surface area contributed by atoms with E-state index in [9.17, 15) is 0 Å². The topological polar surface area (TPSA) is 64.5 Å². The van der Waals surface area contributed by atoms with Crippen molar-refractivity contribution in [2.24, 2.45) is 0 Å². The second kappa shape index (κ2) is 11.9. The standard InChI is InChI=1S/C43H33N5/c1-43(2,3)39-26-34(28-12-6-4-7-13-28)33-23-21-31-22-24-35(45-40(31)41(33)48-39)30-17-19-32(20-18-30)42-46-37(29-14-8-5-9-15-29)27-38(47-42)36-16-10-11-25-44-36/h4-27H,1-3H3. The summed E-state index contributed by atoms with van der Waals surface area (Å²) in [7, 11) is 0. The highest BCUT2D eigenvalue weighted by molar-refractivity contribution is 6.08. The Balaban J connectivity index is 1.23. The summed E-state index contributed by atoms with van der Waals surface area (Å²) in [6.07, 6.45) is 1.79. The van der Waals surface area contributed by atoms with Crippen molar-refractivity contribution in [3.63, 3.8) is 0 Å². The SMILES string of the molecule is CC(C)(C)c1cc(-c2ccccc2)c2ccc3ccc(-c4ccc(-c5nc(-c6ccccc6)cc(-c6ccccn6)n5)cc4)nc3c2n1. The minimum atomic E-state index is -0.121. The van der Waals surface area contributed by atoms with Gasteiger partial charge in [-0.3, -0.25) is 4.98 Å². The van der Waals surface area contributed by atoms with Crippen LogP contribution >= 0.6 is 0 Å². The van der Waals surface area contributed by atoms with E-state index in [1.165, 1.54) is 11.1 Å². The number of nitrogens with zero attached hydrogens (tertiary/aromatic N) is 5. The van der Waals surface area contributed by atoms with Gasteiger partial charge in [-0.15, -0.1) is 0 Å². The molecule has 0 aliphatic rings. The van der Waals surface area contributed by atoms with Crippen LogP contribution in [0.3, 0.4) is 0 Å². The Morgan fingerprint density at radius 1 is 0.438 bits per heavy atom. The summed E-state index contributed by atoms with van der Waals surface area (Å²) in [5.41, 5.74) is 11.4. The third-order valence-electron chi connectivity index (χ3n) is 8.65. The second-order valence-corrected chi connectivity index (χ2v) is 13.0. The second-order valence-electron chi connectivity index (χ2n) is 13.0. The Kier molecular flexibility index (Phi) is 7.30. The normalized spacial score (nSPS) is 11.6. The van der Waals surface area contributed by atoms with Gasteiger partial charge in [0.1, 0.15) is 0 Å². The maximum atomic E-state index is 5.24. The van der Waals surface area contributed by atoms with Crippen molar-refractivity contribution in [1.82, 2.24) is 24.9 Å². The molecule has 0 aliphatic heterocycles. The molecule has 4 aromatic carbocycles. The molecule has 0 spiro atoms. The van der Waals surface area contributed by atoms with Gasteiger partial charge in [-0.1, -0.05) is 130 Å². The number of benzene rings is 4. The largest absolute Gasteiger partial charge is 0.255 e. The fraction of sp³-hybridized carbons (Fsp3) is 0.0930. The van der Waals surface area contributed by atoms with E-state index < -0.39 is 0 Å². The molecular weight excluding hydrogens is 587 g/mol. The van der Waals surface area contributed by atoms with Crippen LogP contribution in [-0.2, 0) is 5.41 Å². The molecule has 4 heterocycles. The molecule has 8 rings (SSSR count). The van der Waals surface area contributed by atoms with Crippen molar-refractivity contribution in [2.75, 3.05) is 0 Å². The Bertz CT molecular complexity index is 2340.